The number of hydrogen-bond acceptors (Lipinski definition) is 4. The number of nitrogens with one attached hydrogen (secondary N) is 3. The van der Waals surface area contributed by atoms with Crippen LogP contribution in [-0.4, -0.2) is 36.7 Å². The number of nitrogens with zero attached hydrogens (tertiary/aromatic N) is 1. The van der Waals surface area contributed by atoms with Gasteiger partial charge in [-0.15, -0.1) is 0 Å². The number of H-pyrrole nitrogens is 1. The summed E-state index contributed by atoms with van der Waals surface area (Å²) in [5.41, 5.74) is 6.51. The summed E-state index contributed by atoms with van der Waals surface area (Å²) in [6, 6.07) is 15.7. The van der Waals surface area contributed by atoms with Crippen molar-refractivity contribution in [3.05, 3.63) is 65.4 Å². The molecule has 3 rings (SSSR count). The van der Waals surface area contributed by atoms with Crippen molar-refractivity contribution in [1.29, 1.82) is 0 Å². The molecule has 156 valence electrons. The summed E-state index contributed by atoms with van der Waals surface area (Å²) in [5, 5.41) is 7.67. The second kappa shape index (κ2) is 10.2. The number of amides is 2. The molecule has 0 aliphatic heterocycles. The number of carbonyl (C=O) groups excluding carboxylic acids is 2. The van der Waals surface area contributed by atoms with Crippen LogP contribution in [0.15, 0.2) is 53.6 Å². The van der Waals surface area contributed by atoms with Crippen molar-refractivity contribution in [2.75, 3.05) is 13.7 Å². The summed E-state index contributed by atoms with van der Waals surface area (Å²) in [7, 11) is 1.63. The summed E-state index contributed by atoms with van der Waals surface area (Å²) in [4.78, 5) is 27.1. The molecular weight excluding hydrogens is 380 g/mol. The molecule has 1 heterocycles. The van der Waals surface area contributed by atoms with Gasteiger partial charge in [-0.25, -0.2) is 5.43 Å². The van der Waals surface area contributed by atoms with Crippen LogP contribution in [-0.2, 0) is 16.0 Å². The predicted molar refractivity (Wildman–Crippen MR) is 118 cm³/mol. The third-order valence-corrected chi connectivity index (χ3v) is 4.80. The van der Waals surface area contributed by atoms with E-state index in [4.69, 9.17) is 4.74 Å². The number of carbonyl (C=O) groups is 2. The number of fused-ring (bicyclic) bond motifs is 1. The molecule has 0 spiro atoms. The normalized spacial score (nSPS) is 11.0. The van der Waals surface area contributed by atoms with Crippen LogP contribution in [0.2, 0.25) is 0 Å². The maximum atomic E-state index is 11.9. The monoisotopic (exact) mass is 406 g/mol. The van der Waals surface area contributed by atoms with Crippen LogP contribution in [0.1, 0.15) is 29.7 Å². The van der Waals surface area contributed by atoms with Crippen LogP contribution in [0.4, 0.5) is 0 Å². The van der Waals surface area contributed by atoms with E-state index in [2.05, 4.69) is 20.8 Å². The van der Waals surface area contributed by atoms with Gasteiger partial charge in [-0.2, -0.15) is 5.10 Å². The minimum atomic E-state index is -0.368. The molecule has 2 aromatic carbocycles. The Labute approximate surface area is 175 Å². The number of ether oxygens (including phenoxy) is 1. The van der Waals surface area contributed by atoms with Gasteiger partial charge in [0.15, 0.2) is 0 Å². The van der Waals surface area contributed by atoms with Gasteiger partial charge in [-0.05, 0) is 43.5 Å². The first-order valence-corrected chi connectivity index (χ1v) is 9.85. The Morgan fingerprint density at radius 3 is 2.63 bits per heavy atom. The number of aromatic nitrogens is 1. The summed E-state index contributed by atoms with van der Waals surface area (Å²) in [6.45, 7) is 1.85. The molecule has 3 N–H and O–H groups in total. The molecule has 0 aliphatic rings. The summed E-state index contributed by atoms with van der Waals surface area (Å²) >= 11 is 0. The lowest BCUT2D eigenvalue weighted by Gasteiger charge is -2.05. The van der Waals surface area contributed by atoms with Crippen LogP contribution in [0, 0.1) is 6.92 Å². The number of hydrazone groups is 1. The Bertz CT molecular complexity index is 1040. The second-order valence-electron chi connectivity index (χ2n) is 6.98. The minimum absolute atomic E-state index is 0.106. The fourth-order valence-electron chi connectivity index (χ4n) is 3.19. The molecule has 0 unspecified atom stereocenters. The number of benzene rings is 2. The Hall–Kier alpha value is -3.61. The highest BCUT2D eigenvalue weighted by Crippen LogP contribution is 2.19. The number of hydrogen-bond donors (Lipinski definition) is 3. The fraction of sp³-hybridized carbons (Fsp3) is 0.261. The Morgan fingerprint density at radius 1 is 1.10 bits per heavy atom. The zero-order chi connectivity index (χ0) is 21.3. The summed E-state index contributed by atoms with van der Waals surface area (Å²) in [5.74, 6) is 0.285. The van der Waals surface area contributed by atoms with Crippen molar-refractivity contribution in [3.63, 3.8) is 0 Å². The molecule has 0 fully saturated rings. The van der Waals surface area contributed by atoms with Gasteiger partial charge >= 0.3 is 0 Å². The van der Waals surface area contributed by atoms with Gasteiger partial charge in [0.2, 0.25) is 5.91 Å². The van der Waals surface area contributed by atoms with E-state index < -0.39 is 0 Å². The molecule has 3 aromatic rings. The number of aromatic amines is 1. The maximum absolute atomic E-state index is 11.9. The first kappa shape index (κ1) is 21.1. The van der Waals surface area contributed by atoms with Crippen molar-refractivity contribution in [3.8, 4) is 5.75 Å². The largest absolute Gasteiger partial charge is 0.497 e. The number of aryl methyl sites for hydroxylation is 2. The third kappa shape index (κ3) is 5.70. The standard InChI is InChI=1S/C23H26N4O3/c1-16-20(19-7-3-4-8-21(19)26-16)14-25-27-23(29)15-24-22(28)9-5-6-17-10-12-18(30-2)13-11-17/h3-4,7-8,10-14,26H,5-6,9,15H2,1-2H3,(H,24,28)(H,27,29). The van der Waals surface area contributed by atoms with Crippen LogP contribution in [0.25, 0.3) is 10.9 Å². The Kier molecular flexibility index (Phi) is 7.21. The summed E-state index contributed by atoms with van der Waals surface area (Å²) in [6.07, 6.45) is 3.47. The molecule has 30 heavy (non-hydrogen) atoms. The first-order valence-electron chi connectivity index (χ1n) is 9.85. The van der Waals surface area contributed by atoms with Gasteiger partial charge in [-0.3, -0.25) is 9.59 Å². The smallest absolute Gasteiger partial charge is 0.259 e. The Balaban J connectivity index is 1.38. The van der Waals surface area contributed by atoms with E-state index in [-0.39, 0.29) is 18.4 Å². The van der Waals surface area contributed by atoms with Crippen molar-refractivity contribution >= 4 is 28.9 Å². The molecule has 0 aliphatic carbocycles. The molecule has 0 saturated carbocycles. The zero-order valence-corrected chi connectivity index (χ0v) is 17.2. The van der Waals surface area contributed by atoms with E-state index in [1.807, 2.05) is 55.5 Å². The predicted octanol–water partition coefficient (Wildman–Crippen LogP) is 3.07. The van der Waals surface area contributed by atoms with Crippen LogP contribution < -0.4 is 15.5 Å². The average Bonchev–Trinajstić information content (AvgIpc) is 3.08. The van der Waals surface area contributed by atoms with E-state index >= 15 is 0 Å². The molecule has 2 amide bonds. The number of para-hydroxylation sites is 1. The highest BCUT2D eigenvalue weighted by Gasteiger charge is 2.07. The number of rotatable bonds is 9. The third-order valence-electron chi connectivity index (χ3n) is 4.80. The highest BCUT2D eigenvalue weighted by atomic mass is 16.5. The Morgan fingerprint density at radius 2 is 1.87 bits per heavy atom. The van der Waals surface area contributed by atoms with Gasteiger partial charge < -0.3 is 15.0 Å². The molecule has 0 saturated heterocycles. The van der Waals surface area contributed by atoms with E-state index in [1.54, 1.807) is 13.3 Å². The molecule has 1 aromatic heterocycles. The van der Waals surface area contributed by atoms with E-state index in [0.29, 0.717) is 12.8 Å². The lowest BCUT2D eigenvalue weighted by Crippen LogP contribution is -2.34. The lowest BCUT2D eigenvalue weighted by atomic mass is 10.1. The van der Waals surface area contributed by atoms with Gasteiger partial charge in [0.05, 0.1) is 19.9 Å². The SMILES string of the molecule is COc1ccc(CCCC(=O)NCC(=O)NN=Cc2c(C)[nH]c3ccccc23)cc1. The second-order valence-corrected chi connectivity index (χ2v) is 6.98. The van der Waals surface area contributed by atoms with Crippen molar-refractivity contribution in [2.24, 2.45) is 5.10 Å². The minimum Gasteiger partial charge on any atom is -0.497 e. The van der Waals surface area contributed by atoms with E-state index in [0.717, 1.165) is 39.9 Å². The van der Waals surface area contributed by atoms with Crippen molar-refractivity contribution in [1.82, 2.24) is 15.7 Å². The van der Waals surface area contributed by atoms with Gasteiger partial charge in [-0.1, -0.05) is 30.3 Å². The number of methoxy groups -OCH3 is 1. The molecule has 7 nitrogen and oxygen atoms in total. The zero-order valence-electron chi connectivity index (χ0n) is 17.2. The van der Waals surface area contributed by atoms with Crippen LogP contribution in [0.3, 0.4) is 0 Å². The van der Waals surface area contributed by atoms with Crippen LogP contribution in [0.5, 0.6) is 5.75 Å². The van der Waals surface area contributed by atoms with E-state index in [9.17, 15) is 9.59 Å². The van der Waals surface area contributed by atoms with Gasteiger partial charge in [0.1, 0.15) is 5.75 Å². The van der Waals surface area contributed by atoms with Crippen molar-refractivity contribution in [2.45, 2.75) is 26.2 Å². The molecule has 0 bridgehead atoms. The summed E-state index contributed by atoms with van der Waals surface area (Å²) < 4.78 is 5.13. The van der Waals surface area contributed by atoms with E-state index in [1.165, 1.54) is 0 Å². The van der Waals surface area contributed by atoms with Crippen molar-refractivity contribution < 1.29 is 14.3 Å². The lowest BCUT2D eigenvalue weighted by molar-refractivity contribution is -0.126. The first-order chi connectivity index (χ1) is 14.6. The maximum Gasteiger partial charge on any atom is 0.259 e. The van der Waals surface area contributed by atoms with Gasteiger partial charge in [0.25, 0.3) is 5.91 Å². The average molecular weight is 406 g/mol. The van der Waals surface area contributed by atoms with Crippen LogP contribution >= 0.6 is 0 Å². The highest BCUT2D eigenvalue weighted by molar-refractivity contribution is 6.00. The molecule has 7 heteroatoms. The van der Waals surface area contributed by atoms with Gasteiger partial charge in [0, 0.05) is 28.6 Å². The molecule has 0 radical (unpaired) electrons. The molecule has 0 atom stereocenters. The quantitative estimate of drug-likeness (QED) is 0.376. The molecular formula is C23H26N4O3. The topological polar surface area (TPSA) is 95.6 Å². The fourth-order valence-corrected chi connectivity index (χ4v) is 3.19.